The lowest BCUT2D eigenvalue weighted by atomic mass is 10.1. The van der Waals surface area contributed by atoms with Crippen molar-refractivity contribution in [1.82, 2.24) is 14.5 Å². The van der Waals surface area contributed by atoms with Crippen LogP contribution in [0.4, 0.5) is 0 Å². The van der Waals surface area contributed by atoms with Crippen molar-refractivity contribution in [1.29, 1.82) is 0 Å². The molecule has 9 aromatic rings. The van der Waals surface area contributed by atoms with E-state index in [2.05, 4.69) is 138 Å². The van der Waals surface area contributed by atoms with Crippen LogP contribution in [0.25, 0.3) is 81.2 Å². The van der Waals surface area contributed by atoms with Gasteiger partial charge in [-0.2, -0.15) is 0 Å². The Morgan fingerprint density at radius 2 is 1.21 bits per heavy atom. The lowest BCUT2D eigenvalue weighted by Crippen LogP contribution is -1.96. The molecule has 4 heteroatoms. The van der Waals surface area contributed by atoms with E-state index in [0.717, 1.165) is 38.5 Å². The van der Waals surface area contributed by atoms with Crippen molar-refractivity contribution in [3.63, 3.8) is 0 Å². The zero-order valence-corrected chi connectivity index (χ0v) is 23.3. The molecule has 0 saturated carbocycles. The molecule has 3 nitrogen and oxygen atoms in total. The molecule has 0 saturated heterocycles. The van der Waals surface area contributed by atoms with E-state index >= 15 is 0 Å². The Morgan fingerprint density at radius 1 is 0.500 bits per heavy atom. The Kier molecular flexibility index (Phi) is 5.07. The van der Waals surface area contributed by atoms with Gasteiger partial charge in [0.25, 0.3) is 0 Å². The molecule has 6 aromatic carbocycles. The summed E-state index contributed by atoms with van der Waals surface area (Å²) in [5.41, 5.74) is 7.64. The summed E-state index contributed by atoms with van der Waals surface area (Å²) in [6.45, 7) is 0. The number of thiophene rings is 1. The summed E-state index contributed by atoms with van der Waals surface area (Å²) in [6, 6.07) is 49.5. The molecule has 9 rings (SSSR count). The van der Waals surface area contributed by atoms with Crippen molar-refractivity contribution < 1.29 is 0 Å². The number of hydrogen-bond acceptors (Lipinski definition) is 3. The smallest absolute Gasteiger partial charge is 0.160 e. The molecule has 0 atom stereocenters. The summed E-state index contributed by atoms with van der Waals surface area (Å²) in [6.07, 6.45) is 0. The van der Waals surface area contributed by atoms with E-state index in [0.29, 0.717) is 0 Å². The Bertz CT molecular complexity index is 2450. The number of rotatable bonds is 3. The highest BCUT2D eigenvalue weighted by atomic mass is 32.1. The first-order valence-corrected chi connectivity index (χ1v) is 14.9. The first-order valence-electron chi connectivity index (χ1n) is 14.1. The van der Waals surface area contributed by atoms with Crippen LogP contribution in [0.3, 0.4) is 0 Å². The van der Waals surface area contributed by atoms with Gasteiger partial charge in [-0.25, -0.2) is 9.97 Å². The van der Waals surface area contributed by atoms with Crippen LogP contribution in [-0.4, -0.2) is 14.5 Å². The Hall–Kier alpha value is -5.32. The molecule has 0 spiro atoms. The molecule has 0 amide bonds. The Balaban J connectivity index is 1.26. The van der Waals surface area contributed by atoms with Gasteiger partial charge < -0.3 is 4.57 Å². The van der Waals surface area contributed by atoms with E-state index in [-0.39, 0.29) is 0 Å². The van der Waals surface area contributed by atoms with E-state index in [4.69, 9.17) is 9.97 Å². The number of hydrogen-bond donors (Lipinski definition) is 0. The molecule has 42 heavy (non-hydrogen) atoms. The molecule has 0 bridgehead atoms. The third-order valence-electron chi connectivity index (χ3n) is 8.21. The third kappa shape index (κ3) is 3.46. The summed E-state index contributed by atoms with van der Waals surface area (Å²) < 4.78 is 4.74. The lowest BCUT2D eigenvalue weighted by Gasteiger charge is -2.11. The zero-order chi connectivity index (χ0) is 27.6. The minimum atomic E-state index is 0.740. The predicted octanol–water partition coefficient (Wildman–Crippen LogP) is 10.4. The molecule has 0 aliphatic rings. The van der Waals surface area contributed by atoms with Crippen LogP contribution in [0.15, 0.2) is 140 Å². The molecule has 3 heterocycles. The lowest BCUT2D eigenvalue weighted by molar-refractivity contribution is 1.18. The molecule has 0 N–H and O–H groups in total. The molecule has 0 fully saturated rings. The van der Waals surface area contributed by atoms with Gasteiger partial charge in [0.1, 0.15) is 0 Å². The summed E-state index contributed by atoms with van der Waals surface area (Å²) >= 11 is 1.76. The quantitative estimate of drug-likeness (QED) is 0.218. The second kappa shape index (κ2) is 9.10. The van der Waals surface area contributed by atoms with Crippen LogP contribution < -0.4 is 0 Å². The molecule has 0 radical (unpaired) electrons. The average Bonchev–Trinajstić information content (AvgIpc) is 3.61. The fourth-order valence-electron chi connectivity index (χ4n) is 6.27. The fraction of sp³-hybridized carbons (Fsp3) is 0. The first kappa shape index (κ1) is 23.4. The summed E-state index contributed by atoms with van der Waals surface area (Å²) in [4.78, 5) is 10.3. The number of nitrogens with zero attached hydrogens (tertiary/aromatic N) is 3. The molecule has 3 aromatic heterocycles. The maximum Gasteiger partial charge on any atom is 0.160 e. The number of benzene rings is 6. The number of aromatic nitrogens is 3. The molecular formula is C38H23N3S. The average molecular weight is 554 g/mol. The van der Waals surface area contributed by atoms with E-state index in [1.54, 1.807) is 11.3 Å². The van der Waals surface area contributed by atoms with Gasteiger partial charge in [0.15, 0.2) is 5.82 Å². The normalized spacial score (nSPS) is 11.8. The van der Waals surface area contributed by atoms with Gasteiger partial charge in [-0.3, -0.25) is 0 Å². The van der Waals surface area contributed by atoms with E-state index in [9.17, 15) is 0 Å². The largest absolute Gasteiger partial charge is 0.309 e. The standard InChI is InChI=1S/C38H23N3S/c1-2-11-25(12-3-1)34-37-35(31-15-7-9-17-33(31)42-37)40-38(39-34)26-18-21-27(22-19-26)41-32-16-8-6-14-29(32)30-23-20-24-10-4-5-13-28(24)36(30)41/h1-23H. The van der Waals surface area contributed by atoms with Crippen LogP contribution in [-0.2, 0) is 0 Å². The van der Waals surface area contributed by atoms with Crippen LogP contribution in [0, 0.1) is 0 Å². The first-order chi connectivity index (χ1) is 20.8. The maximum atomic E-state index is 5.16. The van der Waals surface area contributed by atoms with Crippen LogP contribution in [0.5, 0.6) is 0 Å². The Morgan fingerprint density at radius 3 is 2.07 bits per heavy atom. The van der Waals surface area contributed by atoms with Gasteiger partial charge in [-0.1, -0.05) is 103 Å². The highest BCUT2D eigenvalue weighted by Crippen LogP contribution is 2.40. The minimum Gasteiger partial charge on any atom is -0.309 e. The molecule has 0 aliphatic carbocycles. The van der Waals surface area contributed by atoms with Crippen molar-refractivity contribution in [2.75, 3.05) is 0 Å². The highest BCUT2D eigenvalue weighted by molar-refractivity contribution is 7.26. The van der Waals surface area contributed by atoms with Crippen LogP contribution >= 0.6 is 11.3 Å². The fourth-order valence-corrected chi connectivity index (χ4v) is 7.42. The predicted molar refractivity (Wildman–Crippen MR) is 178 cm³/mol. The second-order valence-electron chi connectivity index (χ2n) is 10.6. The van der Waals surface area contributed by atoms with E-state index in [1.165, 1.54) is 42.7 Å². The topological polar surface area (TPSA) is 30.7 Å². The molecule has 196 valence electrons. The highest BCUT2D eigenvalue weighted by Gasteiger charge is 2.18. The van der Waals surface area contributed by atoms with Crippen molar-refractivity contribution in [3.05, 3.63) is 140 Å². The van der Waals surface area contributed by atoms with Gasteiger partial charge in [-0.05, 0) is 41.8 Å². The van der Waals surface area contributed by atoms with Crippen molar-refractivity contribution in [3.8, 4) is 28.3 Å². The molecule has 0 aliphatic heterocycles. The van der Waals surface area contributed by atoms with E-state index < -0.39 is 0 Å². The zero-order valence-electron chi connectivity index (χ0n) is 22.5. The van der Waals surface area contributed by atoms with Gasteiger partial charge in [0.2, 0.25) is 0 Å². The second-order valence-corrected chi connectivity index (χ2v) is 11.7. The van der Waals surface area contributed by atoms with Crippen molar-refractivity contribution >= 4 is 64.2 Å². The number of para-hydroxylation sites is 1. The summed E-state index contributed by atoms with van der Waals surface area (Å²) in [5.74, 6) is 0.740. The van der Waals surface area contributed by atoms with Crippen molar-refractivity contribution in [2.45, 2.75) is 0 Å². The Labute approximate surface area is 246 Å². The van der Waals surface area contributed by atoms with Crippen LogP contribution in [0.1, 0.15) is 0 Å². The van der Waals surface area contributed by atoms with Gasteiger partial charge in [0, 0.05) is 43.1 Å². The monoisotopic (exact) mass is 553 g/mol. The van der Waals surface area contributed by atoms with E-state index in [1.807, 2.05) is 6.07 Å². The van der Waals surface area contributed by atoms with Gasteiger partial charge in [0.05, 0.1) is 26.9 Å². The molecule has 0 unspecified atom stereocenters. The summed E-state index contributed by atoms with van der Waals surface area (Å²) in [7, 11) is 0. The van der Waals surface area contributed by atoms with Crippen molar-refractivity contribution in [2.24, 2.45) is 0 Å². The number of fused-ring (bicyclic) bond motifs is 8. The van der Waals surface area contributed by atoms with Gasteiger partial charge in [-0.15, -0.1) is 11.3 Å². The minimum absolute atomic E-state index is 0.740. The third-order valence-corrected chi connectivity index (χ3v) is 9.38. The maximum absolute atomic E-state index is 5.16. The van der Waals surface area contributed by atoms with Crippen LogP contribution in [0.2, 0.25) is 0 Å². The van der Waals surface area contributed by atoms with Gasteiger partial charge >= 0.3 is 0 Å². The SMILES string of the molecule is c1ccc(-c2nc(-c3ccc(-n4c5ccccc5c5ccc6ccccc6c54)cc3)nc3c2sc2ccccc23)cc1. The molecular weight excluding hydrogens is 531 g/mol. The summed E-state index contributed by atoms with van der Waals surface area (Å²) in [5, 5.41) is 6.18.